The Kier molecular flexibility index (Phi) is 5.11. The molecule has 2 heterocycles. The van der Waals surface area contributed by atoms with Crippen molar-refractivity contribution >= 4 is 27.4 Å². The molecule has 4 rings (SSSR count). The van der Waals surface area contributed by atoms with Gasteiger partial charge in [-0.05, 0) is 55.7 Å². The molecule has 2 aliphatic rings. The van der Waals surface area contributed by atoms with E-state index in [0.29, 0.717) is 24.0 Å². The van der Waals surface area contributed by atoms with E-state index in [1.165, 1.54) is 22.9 Å². The molecule has 0 saturated carbocycles. The average Bonchev–Trinajstić information content (AvgIpc) is 3.34. The maximum absolute atomic E-state index is 12.7. The first-order valence-electron chi connectivity index (χ1n) is 9.25. The number of fused-ring (bicyclic) bond motifs is 1. The second-order valence-electron chi connectivity index (χ2n) is 7.40. The number of carbonyl (C=O) groups excluding carboxylic acids is 1. The Morgan fingerprint density at radius 1 is 1.30 bits per heavy atom. The summed E-state index contributed by atoms with van der Waals surface area (Å²) in [5, 5.41) is 8.05. The maximum atomic E-state index is 12.7. The zero-order valence-electron chi connectivity index (χ0n) is 15.2. The summed E-state index contributed by atoms with van der Waals surface area (Å²) in [6.45, 7) is 1.84. The highest BCUT2D eigenvalue weighted by Gasteiger charge is 2.29. The van der Waals surface area contributed by atoms with Gasteiger partial charge in [-0.2, -0.15) is 0 Å². The van der Waals surface area contributed by atoms with Crippen LogP contribution in [0.1, 0.15) is 47.1 Å². The predicted octanol–water partition coefficient (Wildman–Crippen LogP) is 2.90. The number of Topliss-reactive ketones (excluding diaryl/α,β-unsaturated/α-hetero) is 1. The van der Waals surface area contributed by atoms with E-state index in [4.69, 9.17) is 4.42 Å². The summed E-state index contributed by atoms with van der Waals surface area (Å²) >= 11 is 1.25. The Balaban J connectivity index is 1.37. The molecule has 0 radical (unpaired) electrons. The quantitative estimate of drug-likeness (QED) is 0.538. The third-order valence-electron chi connectivity index (χ3n) is 5.27. The van der Waals surface area contributed by atoms with Crippen LogP contribution in [0, 0.1) is 5.92 Å². The van der Waals surface area contributed by atoms with Crippen LogP contribution in [0.3, 0.4) is 0 Å². The molecule has 1 fully saturated rings. The molecule has 2 atom stereocenters. The second kappa shape index (κ2) is 7.39. The number of sulfone groups is 1. The van der Waals surface area contributed by atoms with Crippen molar-refractivity contribution in [3.05, 3.63) is 40.8 Å². The first-order chi connectivity index (χ1) is 12.9. The van der Waals surface area contributed by atoms with Gasteiger partial charge >= 0.3 is 0 Å². The lowest BCUT2D eigenvalue weighted by molar-refractivity contribution is 0.0993. The SMILES string of the molecule is C[C@H](Sc1nnc(C[C@H]2CCS(=O)(=O)C2)o1)C(=O)c1ccc2c(c1)CCC2. The topological polar surface area (TPSA) is 90.1 Å². The van der Waals surface area contributed by atoms with Crippen LogP contribution in [0.5, 0.6) is 0 Å². The van der Waals surface area contributed by atoms with E-state index < -0.39 is 9.84 Å². The molecule has 1 saturated heterocycles. The van der Waals surface area contributed by atoms with Gasteiger partial charge in [-0.1, -0.05) is 23.9 Å². The summed E-state index contributed by atoms with van der Waals surface area (Å²) in [6.07, 6.45) is 4.41. The molecule has 144 valence electrons. The van der Waals surface area contributed by atoms with E-state index in [-0.39, 0.29) is 28.5 Å². The van der Waals surface area contributed by atoms with Crippen molar-refractivity contribution in [3.63, 3.8) is 0 Å². The molecule has 8 heteroatoms. The highest BCUT2D eigenvalue weighted by Crippen LogP contribution is 2.29. The maximum Gasteiger partial charge on any atom is 0.277 e. The number of hydrogen-bond acceptors (Lipinski definition) is 7. The van der Waals surface area contributed by atoms with Crippen molar-refractivity contribution in [2.45, 2.75) is 49.5 Å². The second-order valence-corrected chi connectivity index (χ2v) is 10.9. The summed E-state index contributed by atoms with van der Waals surface area (Å²) in [7, 11) is -2.91. The minimum Gasteiger partial charge on any atom is -0.416 e. The van der Waals surface area contributed by atoms with E-state index in [2.05, 4.69) is 16.3 Å². The molecular weight excluding hydrogens is 384 g/mol. The number of thioether (sulfide) groups is 1. The van der Waals surface area contributed by atoms with Crippen molar-refractivity contribution in [2.24, 2.45) is 5.92 Å². The van der Waals surface area contributed by atoms with E-state index >= 15 is 0 Å². The van der Waals surface area contributed by atoms with Crippen LogP contribution in [-0.4, -0.2) is 41.2 Å². The van der Waals surface area contributed by atoms with Gasteiger partial charge in [0.05, 0.1) is 16.8 Å². The summed E-state index contributed by atoms with van der Waals surface area (Å²) < 4.78 is 28.7. The summed E-state index contributed by atoms with van der Waals surface area (Å²) in [5.74, 6) is 0.956. The number of benzene rings is 1. The number of nitrogens with zero attached hydrogens (tertiary/aromatic N) is 2. The number of rotatable bonds is 6. The first kappa shape index (κ1) is 18.7. The van der Waals surface area contributed by atoms with Gasteiger partial charge in [0.15, 0.2) is 15.6 Å². The standard InChI is InChI=1S/C19H22N2O4S2/c1-12(18(22)16-6-5-14-3-2-4-15(14)10-16)26-19-21-20-17(25-19)9-13-7-8-27(23,24)11-13/h5-6,10,12-13H,2-4,7-9,11H2,1H3/t12-,13+/m0/s1. The monoisotopic (exact) mass is 406 g/mol. The third kappa shape index (κ3) is 4.27. The Morgan fingerprint density at radius 2 is 2.11 bits per heavy atom. The highest BCUT2D eigenvalue weighted by atomic mass is 32.2. The van der Waals surface area contributed by atoms with Gasteiger partial charge in [-0.3, -0.25) is 4.79 Å². The number of carbonyl (C=O) groups is 1. The third-order valence-corrected chi connectivity index (χ3v) is 8.04. The summed E-state index contributed by atoms with van der Waals surface area (Å²) in [4.78, 5) is 12.7. The van der Waals surface area contributed by atoms with Gasteiger partial charge in [0.25, 0.3) is 5.22 Å². The van der Waals surface area contributed by atoms with Gasteiger partial charge in [-0.15, -0.1) is 10.2 Å². The summed E-state index contributed by atoms with van der Waals surface area (Å²) in [5.41, 5.74) is 3.36. The van der Waals surface area contributed by atoms with E-state index in [0.717, 1.165) is 24.8 Å². The lowest BCUT2D eigenvalue weighted by atomic mass is 10.0. The van der Waals surface area contributed by atoms with Crippen LogP contribution in [0.2, 0.25) is 0 Å². The Morgan fingerprint density at radius 3 is 2.89 bits per heavy atom. The van der Waals surface area contributed by atoms with Crippen molar-refractivity contribution in [1.82, 2.24) is 10.2 Å². The van der Waals surface area contributed by atoms with Crippen LogP contribution < -0.4 is 0 Å². The average molecular weight is 407 g/mol. The number of ketones is 1. The minimum absolute atomic E-state index is 0.0405. The van der Waals surface area contributed by atoms with Crippen LogP contribution in [0.15, 0.2) is 27.8 Å². The van der Waals surface area contributed by atoms with Crippen molar-refractivity contribution in [1.29, 1.82) is 0 Å². The Hall–Kier alpha value is -1.67. The van der Waals surface area contributed by atoms with Gasteiger partial charge in [0, 0.05) is 12.0 Å². The van der Waals surface area contributed by atoms with Gasteiger partial charge in [-0.25, -0.2) is 8.42 Å². The molecule has 0 amide bonds. The Labute approximate surface area is 163 Å². The molecule has 0 spiro atoms. The van der Waals surface area contributed by atoms with Crippen LogP contribution in [-0.2, 0) is 29.1 Å². The normalized spacial score (nSPS) is 21.9. The number of aryl methyl sites for hydroxylation is 2. The molecule has 27 heavy (non-hydrogen) atoms. The highest BCUT2D eigenvalue weighted by molar-refractivity contribution is 8.00. The minimum atomic E-state index is -2.91. The largest absolute Gasteiger partial charge is 0.416 e. The molecule has 1 aliphatic heterocycles. The first-order valence-corrected chi connectivity index (χ1v) is 12.0. The Bertz CT molecular complexity index is 968. The molecule has 6 nitrogen and oxygen atoms in total. The molecule has 0 unspecified atom stereocenters. The van der Waals surface area contributed by atoms with E-state index in [9.17, 15) is 13.2 Å². The van der Waals surface area contributed by atoms with Crippen molar-refractivity contribution in [3.8, 4) is 0 Å². The molecule has 0 N–H and O–H groups in total. The van der Waals surface area contributed by atoms with E-state index in [1.807, 2.05) is 19.1 Å². The molecular formula is C19H22N2O4S2. The lowest BCUT2D eigenvalue weighted by Gasteiger charge is -2.09. The summed E-state index contributed by atoms with van der Waals surface area (Å²) in [6, 6.07) is 5.98. The fourth-order valence-electron chi connectivity index (χ4n) is 3.81. The van der Waals surface area contributed by atoms with Gasteiger partial charge in [0.1, 0.15) is 0 Å². The molecule has 1 aromatic carbocycles. The molecule has 1 aromatic heterocycles. The smallest absolute Gasteiger partial charge is 0.277 e. The van der Waals surface area contributed by atoms with Crippen LogP contribution in [0.25, 0.3) is 0 Å². The van der Waals surface area contributed by atoms with Crippen LogP contribution in [0.4, 0.5) is 0 Å². The van der Waals surface area contributed by atoms with E-state index in [1.54, 1.807) is 0 Å². The van der Waals surface area contributed by atoms with Crippen molar-refractivity contribution in [2.75, 3.05) is 11.5 Å². The molecule has 1 aliphatic carbocycles. The van der Waals surface area contributed by atoms with Crippen molar-refractivity contribution < 1.29 is 17.6 Å². The fraction of sp³-hybridized carbons (Fsp3) is 0.526. The zero-order chi connectivity index (χ0) is 19.0. The fourth-order valence-corrected chi connectivity index (χ4v) is 6.45. The lowest BCUT2D eigenvalue weighted by Crippen LogP contribution is -2.13. The van der Waals surface area contributed by atoms with Gasteiger partial charge in [0.2, 0.25) is 5.89 Å². The molecule has 0 bridgehead atoms. The number of hydrogen-bond donors (Lipinski definition) is 0. The number of aromatic nitrogens is 2. The predicted molar refractivity (Wildman–Crippen MR) is 103 cm³/mol. The zero-order valence-corrected chi connectivity index (χ0v) is 16.8. The molecule has 2 aromatic rings. The van der Waals surface area contributed by atoms with Crippen LogP contribution >= 0.6 is 11.8 Å². The van der Waals surface area contributed by atoms with Gasteiger partial charge < -0.3 is 4.42 Å².